The van der Waals surface area contributed by atoms with Gasteiger partial charge in [0, 0.05) is 38.4 Å². The Morgan fingerprint density at radius 3 is 3.00 bits per heavy atom. The fourth-order valence-corrected chi connectivity index (χ4v) is 1.67. The smallest absolute Gasteiger partial charge is 0.206 e. The Labute approximate surface area is 127 Å². The molecular formula is C13H14N2OY-2. The van der Waals surface area contributed by atoms with Crippen molar-refractivity contribution in [2.45, 2.75) is 25.4 Å². The van der Waals surface area contributed by atoms with Crippen molar-refractivity contribution in [3.8, 4) is 0 Å². The fraction of sp³-hybridized carbons (Fsp3) is 0.308. The predicted octanol–water partition coefficient (Wildman–Crippen LogP) is 2.15. The van der Waals surface area contributed by atoms with E-state index in [2.05, 4.69) is 23.3 Å². The molecule has 17 heavy (non-hydrogen) atoms. The van der Waals surface area contributed by atoms with Crippen LogP contribution in [0.2, 0.25) is 0 Å². The summed E-state index contributed by atoms with van der Waals surface area (Å²) in [6.07, 6.45) is 1.58. The molecule has 1 fully saturated rings. The minimum Gasteiger partial charge on any atom is -0.650 e. The second kappa shape index (κ2) is 7.05. The van der Waals surface area contributed by atoms with Crippen molar-refractivity contribution in [3.05, 3.63) is 53.5 Å². The average Bonchev–Trinajstić information content (AvgIpc) is 2.29. The van der Waals surface area contributed by atoms with Crippen molar-refractivity contribution in [1.29, 1.82) is 0 Å². The monoisotopic (exact) mass is 303 g/mol. The van der Waals surface area contributed by atoms with Crippen LogP contribution in [0.4, 0.5) is 0 Å². The van der Waals surface area contributed by atoms with Crippen molar-refractivity contribution < 1.29 is 37.5 Å². The van der Waals surface area contributed by atoms with E-state index in [-0.39, 0.29) is 44.7 Å². The Morgan fingerprint density at radius 2 is 2.35 bits per heavy atom. The molecule has 3 nitrogen and oxygen atoms in total. The summed E-state index contributed by atoms with van der Waals surface area (Å²) in [6, 6.07) is 10.5. The number of carbonyl (C=O) groups excluding carboxylic acids is 1. The number of piperidine rings is 1. The zero-order chi connectivity index (χ0) is 11.4. The van der Waals surface area contributed by atoms with Crippen LogP contribution in [0.1, 0.15) is 18.4 Å². The van der Waals surface area contributed by atoms with E-state index in [4.69, 9.17) is 0 Å². The minimum atomic E-state index is -0.237. The van der Waals surface area contributed by atoms with E-state index in [0.717, 1.165) is 24.1 Å². The predicted molar refractivity (Wildman–Crippen MR) is 62.6 cm³/mol. The molecule has 2 rings (SSSR count). The summed E-state index contributed by atoms with van der Waals surface area (Å²) in [4.78, 5) is 11.6. The number of amides is 1. The van der Waals surface area contributed by atoms with Gasteiger partial charge in [-0.05, 0) is 6.42 Å². The number of nitrogens with one attached hydrogen (secondary N) is 1. The van der Waals surface area contributed by atoms with E-state index in [9.17, 15) is 4.79 Å². The molecule has 1 aliphatic rings. The number of hydrogen-bond acceptors (Lipinski definition) is 1. The van der Waals surface area contributed by atoms with E-state index < -0.39 is 0 Å². The molecule has 1 radical (unpaired) electrons. The van der Waals surface area contributed by atoms with Crippen LogP contribution in [0.3, 0.4) is 0 Å². The summed E-state index contributed by atoms with van der Waals surface area (Å²) >= 11 is 0. The van der Waals surface area contributed by atoms with Crippen LogP contribution in [0.15, 0.2) is 36.5 Å². The maximum Gasteiger partial charge on any atom is 0.206 e. The Hall–Kier alpha value is -0.506. The molecule has 0 bridgehead atoms. The summed E-state index contributed by atoms with van der Waals surface area (Å²) < 4.78 is 0. The van der Waals surface area contributed by atoms with Gasteiger partial charge in [-0.1, -0.05) is 19.0 Å². The van der Waals surface area contributed by atoms with Gasteiger partial charge < -0.3 is 10.6 Å². The first-order valence-electron chi connectivity index (χ1n) is 5.36. The molecule has 0 saturated carbocycles. The topological polar surface area (TPSA) is 43.2 Å². The van der Waals surface area contributed by atoms with Gasteiger partial charge in [0.25, 0.3) is 0 Å². The summed E-state index contributed by atoms with van der Waals surface area (Å²) in [5.41, 5.74) is 1.81. The number of allylic oxidation sites excluding steroid dienone is 1. The van der Waals surface area contributed by atoms with E-state index in [0.29, 0.717) is 6.54 Å². The molecule has 87 valence electrons. The second-order valence-electron chi connectivity index (χ2n) is 3.88. The van der Waals surface area contributed by atoms with Crippen molar-refractivity contribution in [1.82, 2.24) is 5.32 Å². The summed E-state index contributed by atoms with van der Waals surface area (Å²) in [6.45, 7) is 4.28. The zero-order valence-electron chi connectivity index (χ0n) is 9.65. The first kappa shape index (κ1) is 14.6. The maximum absolute atomic E-state index is 11.6. The zero-order valence-corrected chi connectivity index (χ0v) is 12.5. The van der Waals surface area contributed by atoms with E-state index >= 15 is 0 Å². The molecule has 1 amide bonds. The van der Waals surface area contributed by atoms with Crippen molar-refractivity contribution in [2.75, 3.05) is 0 Å². The van der Waals surface area contributed by atoms with E-state index in [1.165, 1.54) is 0 Å². The van der Waals surface area contributed by atoms with Gasteiger partial charge in [0.15, 0.2) is 0 Å². The Kier molecular flexibility index (Phi) is 6.03. The van der Waals surface area contributed by atoms with Crippen LogP contribution in [0.25, 0.3) is 5.32 Å². The van der Waals surface area contributed by atoms with Crippen molar-refractivity contribution in [3.63, 3.8) is 0 Å². The van der Waals surface area contributed by atoms with Crippen LogP contribution in [-0.2, 0) is 44.0 Å². The van der Waals surface area contributed by atoms with Gasteiger partial charge >= 0.3 is 0 Å². The van der Waals surface area contributed by atoms with Crippen LogP contribution in [-0.4, -0.2) is 11.9 Å². The van der Waals surface area contributed by atoms with Crippen LogP contribution >= 0.6 is 0 Å². The molecule has 1 aromatic rings. The summed E-state index contributed by atoms with van der Waals surface area (Å²) in [5, 5.41) is 7.11. The normalized spacial score (nSPS) is 19.4. The molecule has 1 N–H and O–H groups in total. The number of hydrogen-bond donors (Lipinski definition) is 1. The summed E-state index contributed by atoms with van der Waals surface area (Å²) in [5.74, 6) is -0.0350. The first-order chi connectivity index (χ1) is 7.75. The van der Waals surface area contributed by atoms with Gasteiger partial charge in [0.05, 0.1) is 0 Å². The molecule has 0 aliphatic carbocycles. The van der Waals surface area contributed by atoms with Crippen molar-refractivity contribution >= 4 is 5.91 Å². The Balaban J connectivity index is 0.00000144. The van der Waals surface area contributed by atoms with Gasteiger partial charge in [-0.2, -0.15) is 35.9 Å². The quantitative estimate of drug-likeness (QED) is 0.854. The van der Waals surface area contributed by atoms with E-state index in [1.54, 1.807) is 0 Å². The molecule has 1 aliphatic heterocycles. The number of rotatable bonds is 3. The van der Waals surface area contributed by atoms with Gasteiger partial charge in [-0.25, -0.2) is 0 Å². The van der Waals surface area contributed by atoms with Gasteiger partial charge in [0.2, 0.25) is 5.91 Å². The van der Waals surface area contributed by atoms with Gasteiger partial charge in [-0.3, -0.25) is 4.79 Å². The van der Waals surface area contributed by atoms with Crippen molar-refractivity contribution in [2.24, 2.45) is 0 Å². The molecule has 4 heteroatoms. The molecule has 1 atom stereocenters. The first-order valence-corrected chi connectivity index (χ1v) is 5.36. The SMILES string of the molecule is C=C1CCC([N-]Cc2[c-]cccc2)C(=O)N1.[Y]. The number of carbonyl (C=O) groups is 1. The Bertz CT molecular complexity index is 392. The maximum atomic E-state index is 11.6. The van der Waals surface area contributed by atoms with Gasteiger partial charge in [0.1, 0.15) is 0 Å². The third-order valence-electron chi connectivity index (χ3n) is 2.58. The standard InChI is InChI=1S/C13H14N2O.Y/c1-10-7-8-12(13(16)15-10)14-9-11-5-3-2-4-6-11;/h2-5,12H,1,7-9H2,(H,15,16);/q-2;. The van der Waals surface area contributed by atoms with Crippen LogP contribution in [0, 0.1) is 6.07 Å². The third kappa shape index (κ3) is 4.34. The second-order valence-corrected chi connectivity index (χ2v) is 3.88. The molecule has 1 saturated heterocycles. The third-order valence-corrected chi connectivity index (χ3v) is 2.58. The molecule has 0 aromatic heterocycles. The molecular weight excluding hydrogens is 289 g/mol. The van der Waals surface area contributed by atoms with Crippen LogP contribution < -0.4 is 5.32 Å². The minimum absolute atomic E-state index is 0. The molecule has 0 spiro atoms. The van der Waals surface area contributed by atoms with Gasteiger partial charge in [-0.15, -0.1) is 6.54 Å². The summed E-state index contributed by atoms with van der Waals surface area (Å²) in [7, 11) is 0. The number of nitrogens with zero attached hydrogens (tertiary/aromatic N) is 1. The molecule has 1 heterocycles. The Morgan fingerprint density at radius 1 is 1.53 bits per heavy atom. The molecule has 1 unspecified atom stereocenters. The number of benzene rings is 1. The largest absolute Gasteiger partial charge is 0.650 e. The van der Waals surface area contributed by atoms with E-state index in [1.807, 2.05) is 24.3 Å². The molecule has 1 aromatic carbocycles. The average molecular weight is 303 g/mol. The van der Waals surface area contributed by atoms with Crippen LogP contribution in [0.5, 0.6) is 0 Å². The fourth-order valence-electron chi connectivity index (χ4n) is 1.67.